The fourth-order valence-corrected chi connectivity index (χ4v) is 2.65. The Morgan fingerprint density at radius 2 is 2.06 bits per heavy atom. The van der Waals surface area contributed by atoms with E-state index in [0.717, 1.165) is 11.8 Å². The Bertz CT molecular complexity index is 600. The summed E-state index contributed by atoms with van der Waals surface area (Å²) in [5.74, 6) is 0. The molecule has 1 aliphatic rings. The van der Waals surface area contributed by atoms with Crippen LogP contribution in [0.2, 0.25) is 0 Å². The zero-order chi connectivity index (χ0) is 12.9. The molecule has 1 unspecified atom stereocenters. The molecule has 1 atom stereocenters. The number of para-hydroxylation sites is 1. The fraction of sp³-hybridized carbons (Fsp3) is 0.385. The summed E-state index contributed by atoms with van der Waals surface area (Å²) in [6, 6.07) is 5.96. The van der Waals surface area contributed by atoms with E-state index in [9.17, 15) is 18.3 Å². The summed E-state index contributed by atoms with van der Waals surface area (Å²) in [4.78, 5) is 0. The van der Waals surface area contributed by atoms with Gasteiger partial charge in [0, 0.05) is 24.0 Å². The number of rotatable bonds is 0. The molecule has 0 saturated carbocycles. The SMILES string of the molecule is OC1CCn2c(cc3cccc(C(F)(F)F)c32)C1. The Labute approximate surface area is 102 Å². The maximum absolute atomic E-state index is 13.0. The largest absolute Gasteiger partial charge is 0.418 e. The third-order valence-electron chi connectivity index (χ3n) is 3.44. The second-order valence-corrected chi connectivity index (χ2v) is 4.68. The number of hydrogen-bond donors (Lipinski definition) is 1. The van der Waals surface area contributed by atoms with Gasteiger partial charge in [0.05, 0.1) is 17.2 Å². The summed E-state index contributed by atoms with van der Waals surface area (Å²) in [5.41, 5.74) is 0.426. The highest BCUT2D eigenvalue weighted by Gasteiger charge is 2.34. The van der Waals surface area contributed by atoms with Gasteiger partial charge in [0.1, 0.15) is 0 Å². The molecule has 2 heterocycles. The molecule has 1 aromatic carbocycles. The Morgan fingerprint density at radius 3 is 2.78 bits per heavy atom. The van der Waals surface area contributed by atoms with E-state index in [0.29, 0.717) is 24.8 Å². The highest BCUT2D eigenvalue weighted by Crippen LogP contribution is 2.37. The van der Waals surface area contributed by atoms with Crippen molar-refractivity contribution in [3.63, 3.8) is 0 Å². The minimum Gasteiger partial charge on any atom is -0.393 e. The second-order valence-electron chi connectivity index (χ2n) is 4.68. The number of aliphatic hydroxyl groups is 1. The van der Waals surface area contributed by atoms with Crippen LogP contribution >= 0.6 is 0 Å². The van der Waals surface area contributed by atoms with Crippen molar-refractivity contribution in [3.8, 4) is 0 Å². The van der Waals surface area contributed by atoms with Crippen molar-refractivity contribution < 1.29 is 18.3 Å². The molecule has 0 fully saturated rings. The Hall–Kier alpha value is -1.49. The number of alkyl halides is 3. The first-order valence-electron chi connectivity index (χ1n) is 5.83. The summed E-state index contributed by atoms with van der Waals surface area (Å²) >= 11 is 0. The predicted molar refractivity (Wildman–Crippen MR) is 61.3 cm³/mol. The van der Waals surface area contributed by atoms with E-state index in [-0.39, 0.29) is 5.52 Å². The first-order valence-corrected chi connectivity index (χ1v) is 5.83. The van der Waals surface area contributed by atoms with Gasteiger partial charge in [0.25, 0.3) is 0 Å². The van der Waals surface area contributed by atoms with Gasteiger partial charge in [-0.05, 0) is 18.6 Å². The van der Waals surface area contributed by atoms with Crippen LogP contribution in [-0.4, -0.2) is 15.8 Å². The van der Waals surface area contributed by atoms with Crippen molar-refractivity contribution in [2.75, 3.05) is 0 Å². The van der Waals surface area contributed by atoms with Crippen molar-refractivity contribution in [2.24, 2.45) is 0 Å². The summed E-state index contributed by atoms with van der Waals surface area (Å²) in [6.45, 7) is 0.438. The summed E-state index contributed by atoms with van der Waals surface area (Å²) in [7, 11) is 0. The summed E-state index contributed by atoms with van der Waals surface area (Å²) in [6.07, 6.45) is -3.87. The standard InChI is InChI=1S/C13H12F3NO/c14-13(15,16)11-3-1-2-8-6-9-7-10(18)4-5-17(9)12(8)11/h1-3,6,10,18H,4-5,7H2. The average Bonchev–Trinajstić information content (AvgIpc) is 2.64. The molecule has 5 heteroatoms. The van der Waals surface area contributed by atoms with Gasteiger partial charge in [-0.25, -0.2) is 0 Å². The molecule has 0 bridgehead atoms. The molecule has 18 heavy (non-hydrogen) atoms. The van der Waals surface area contributed by atoms with E-state index in [1.807, 2.05) is 0 Å². The van der Waals surface area contributed by atoms with Crippen LogP contribution < -0.4 is 0 Å². The third-order valence-corrected chi connectivity index (χ3v) is 3.44. The van der Waals surface area contributed by atoms with Crippen LogP contribution in [0.3, 0.4) is 0 Å². The number of hydrogen-bond acceptors (Lipinski definition) is 1. The van der Waals surface area contributed by atoms with E-state index >= 15 is 0 Å². The van der Waals surface area contributed by atoms with Crippen LogP contribution in [0.5, 0.6) is 0 Å². The molecule has 0 saturated heterocycles. The van der Waals surface area contributed by atoms with Crippen LogP contribution in [0.25, 0.3) is 10.9 Å². The normalized spacial score (nSPS) is 20.1. The maximum Gasteiger partial charge on any atom is 0.418 e. The highest BCUT2D eigenvalue weighted by atomic mass is 19.4. The van der Waals surface area contributed by atoms with E-state index < -0.39 is 17.8 Å². The monoisotopic (exact) mass is 255 g/mol. The Balaban J connectivity index is 2.28. The lowest BCUT2D eigenvalue weighted by Crippen LogP contribution is -2.23. The first kappa shape index (κ1) is 11.6. The molecular weight excluding hydrogens is 243 g/mol. The first-order chi connectivity index (χ1) is 8.47. The lowest BCUT2D eigenvalue weighted by atomic mass is 10.1. The van der Waals surface area contributed by atoms with Crippen molar-refractivity contribution in [2.45, 2.75) is 31.7 Å². The molecule has 0 aliphatic carbocycles. The third kappa shape index (κ3) is 1.70. The smallest absolute Gasteiger partial charge is 0.393 e. The molecule has 1 aliphatic heterocycles. The van der Waals surface area contributed by atoms with Crippen LogP contribution in [0.1, 0.15) is 17.7 Å². The quantitative estimate of drug-likeness (QED) is 0.769. The van der Waals surface area contributed by atoms with Gasteiger partial charge in [0.15, 0.2) is 0 Å². The molecule has 0 spiro atoms. The highest BCUT2D eigenvalue weighted by molar-refractivity contribution is 5.85. The lowest BCUT2D eigenvalue weighted by Gasteiger charge is -2.22. The molecular formula is C13H12F3NO. The van der Waals surface area contributed by atoms with Crippen molar-refractivity contribution in [3.05, 3.63) is 35.5 Å². The van der Waals surface area contributed by atoms with Crippen LogP contribution in [0.15, 0.2) is 24.3 Å². The number of aryl methyl sites for hydroxylation is 1. The van der Waals surface area contributed by atoms with Gasteiger partial charge in [0.2, 0.25) is 0 Å². The fourth-order valence-electron chi connectivity index (χ4n) is 2.65. The summed E-state index contributed by atoms with van der Waals surface area (Å²) < 4.78 is 40.6. The molecule has 0 amide bonds. The van der Waals surface area contributed by atoms with E-state index in [4.69, 9.17) is 0 Å². The van der Waals surface area contributed by atoms with Gasteiger partial charge in [-0.3, -0.25) is 0 Å². The van der Waals surface area contributed by atoms with Gasteiger partial charge in [-0.2, -0.15) is 13.2 Å². The van der Waals surface area contributed by atoms with Crippen LogP contribution in [-0.2, 0) is 19.1 Å². The number of aromatic nitrogens is 1. The van der Waals surface area contributed by atoms with E-state index in [1.165, 1.54) is 6.07 Å². The maximum atomic E-state index is 13.0. The topological polar surface area (TPSA) is 25.2 Å². The van der Waals surface area contributed by atoms with Crippen molar-refractivity contribution >= 4 is 10.9 Å². The van der Waals surface area contributed by atoms with Gasteiger partial charge in [-0.15, -0.1) is 0 Å². The minimum absolute atomic E-state index is 0.243. The molecule has 0 radical (unpaired) electrons. The molecule has 1 N–H and O–H groups in total. The van der Waals surface area contributed by atoms with E-state index in [1.54, 1.807) is 16.7 Å². The van der Waals surface area contributed by atoms with Gasteiger partial charge >= 0.3 is 6.18 Å². The van der Waals surface area contributed by atoms with Gasteiger partial charge in [-0.1, -0.05) is 12.1 Å². The number of fused-ring (bicyclic) bond motifs is 3. The number of benzene rings is 1. The zero-order valence-corrected chi connectivity index (χ0v) is 9.54. The molecule has 2 aromatic rings. The second kappa shape index (κ2) is 3.75. The van der Waals surface area contributed by atoms with E-state index in [2.05, 4.69) is 0 Å². The Kier molecular flexibility index (Phi) is 2.41. The molecule has 96 valence electrons. The number of halogens is 3. The van der Waals surface area contributed by atoms with Gasteiger partial charge < -0.3 is 9.67 Å². The summed E-state index contributed by atoms with van der Waals surface area (Å²) in [5, 5.41) is 10.2. The number of aliphatic hydroxyl groups excluding tert-OH is 1. The van der Waals surface area contributed by atoms with Crippen molar-refractivity contribution in [1.29, 1.82) is 0 Å². The zero-order valence-electron chi connectivity index (χ0n) is 9.54. The minimum atomic E-state index is -4.34. The lowest BCUT2D eigenvalue weighted by molar-refractivity contribution is -0.136. The van der Waals surface area contributed by atoms with Crippen LogP contribution in [0.4, 0.5) is 13.2 Å². The average molecular weight is 255 g/mol. The molecule has 1 aromatic heterocycles. The van der Waals surface area contributed by atoms with Crippen LogP contribution in [0, 0.1) is 0 Å². The Morgan fingerprint density at radius 1 is 1.28 bits per heavy atom. The van der Waals surface area contributed by atoms with Crippen molar-refractivity contribution in [1.82, 2.24) is 4.57 Å². The molecule has 3 rings (SSSR count). The number of nitrogens with zero attached hydrogens (tertiary/aromatic N) is 1. The predicted octanol–water partition coefficient (Wildman–Crippen LogP) is 2.97. The molecule has 2 nitrogen and oxygen atoms in total.